The zero-order valence-corrected chi connectivity index (χ0v) is 35.4. The van der Waals surface area contributed by atoms with Crippen molar-refractivity contribution in [2.75, 3.05) is 0 Å². The molecule has 0 spiro atoms. The highest BCUT2D eigenvalue weighted by atomic mass is 19.2. The standard InChI is InChI=1S/C61H32F4N2/c62-58-52(59(63)61(65)57(60(58)64)47-29-31-51-56-46(47)28-27-41-37(33-66)25-30-50(55(41)56)67(51)38-16-2-1-3-17-38)36-24-26-48-49(32-36)54(43-23-11-15-35-13-5-7-19-40(35)43)45-21-9-8-20-44(45)53(48)42-22-10-14-34-12-4-6-18-39(34)42/h1-32H. The van der Waals surface area contributed by atoms with Gasteiger partial charge in [-0.2, -0.15) is 5.26 Å². The maximum atomic E-state index is 17.2. The summed E-state index contributed by atoms with van der Waals surface area (Å²) in [6.07, 6.45) is 0. The molecule has 0 unspecified atom stereocenters. The van der Waals surface area contributed by atoms with Gasteiger partial charge in [0.1, 0.15) is 0 Å². The van der Waals surface area contributed by atoms with E-state index in [9.17, 15) is 5.26 Å². The van der Waals surface area contributed by atoms with E-state index in [0.29, 0.717) is 38.0 Å². The summed E-state index contributed by atoms with van der Waals surface area (Å²) in [6, 6.07) is 63.8. The molecule has 67 heavy (non-hydrogen) atoms. The fourth-order valence-electron chi connectivity index (χ4n) is 10.9. The number of nitrogens with zero attached hydrogens (tertiary/aromatic N) is 2. The SMILES string of the molecule is N#Cc1ccc2c3c1ccc1c(-c4c(F)c(F)c(-c5ccc6c(-c7cccc8ccccc78)c7ccccc7c(-c7cccc8ccccc78)c6c5)c(F)c4F)ccc(c13)n2-c1ccccc1. The van der Waals surface area contributed by atoms with Gasteiger partial charge in [-0.15, -0.1) is 0 Å². The van der Waals surface area contributed by atoms with Crippen LogP contribution >= 0.6 is 0 Å². The van der Waals surface area contributed by atoms with Crippen molar-refractivity contribution in [2.24, 2.45) is 0 Å². The number of hydrogen-bond acceptors (Lipinski definition) is 1. The third-order valence-electron chi connectivity index (χ3n) is 13.7. The van der Waals surface area contributed by atoms with Gasteiger partial charge >= 0.3 is 0 Å². The Bertz CT molecular complexity index is 4240. The predicted octanol–water partition coefficient (Wildman–Crippen LogP) is 17.1. The lowest BCUT2D eigenvalue weighted by atomic mass is 9.82. The summed E-state index contributed by atoms with van der Waals surface area (Å²) in [5.41, 5.74) is 4.81. The van der Waals surface area contributed by atoms with Crippen molar-refractivity contribution in [3.63, 3.8) is 0 Å². The van der Waals surface area contributed by atoms with Gasteiger partial charge in [-0.05, 0) is 118 Å². The van der Waals surface area contributed by atoms with E-state index in [1.807, 2.05) is 114 Å². The zero-order valence-electron chi connectivity index (χ0n) is 35.4. The van der Waals surface area contributed by atoms with Gasteiger partial charge in [0, 0.05) is 21.8 Å². The summed E-state index contributed by atoms with van der Waals surface area (Å²) in [4.78, 5) is 0. The molecule has 6 heteroatoms. The van der Waals surface area contributed by atoms with Crippen LogP contribution in [0.25, 0.3) is 126 Å². The van der Waals surface area contributed by atoms with Crippen LogP contribution in [0.15, 0.2) is 194 Å². The molecule has 0 saturated heterocycles. The van der Waals surface area contributed by atoms with Gasteiger partial charge in [0.05, 0.1) is 33.8 Å². The lowest BCUT2D eigenvalue weighted by molar-refractivity contribution is 0.463. The fourth-order valence-corrected chi connectivity index (χ4v) is 10.9. The predicted molar refractivity (Wildman–Crippen MR) is 266 cm³/mol. The number of hydrogen-bond donors (Lipinski definition) is 0. The first-order valence-electron chi connectivity index (χ1n) is 22.0. The van der Waals surface area contributed by atoms with Crippen LogP contribution in [0.5, 0.6) is 0 Å². The fraction of sp³-hybridized carbons (Fsp3) is 0. The Morgan fingerprint density at radius 1 is 0.343 bits per heavy atom. The highest BCUT2D eigenvalue weighted by Crippen LogP contribution is 2.50. The van der Waals surface area contributed by atoms with Gasteiger partial charge in [0.2, 0.25) is 0 Å². The van der Waals surface area contributed by atoms with Crippen molar-refractivity contribution in [3.8, 4) is 56.3 Å². The van der Waals surface area contributed by atoms with Crippen LogP contribution in [-0.4, -0.2) is 4.57 Å². The second kappa shape index (κ2) is 14.6. The first-order chi connectivity index (χ1) is 32.9. The Kier molecular flexibility index (Phi) is 8.43. The minimum absolute atomic E-state index is 0.00817. The maximum Gasteiger partial charge on any atom is 0.170 e. The summed E-state index contributed by atoms with van der Waals surface area (Å²) in [5.74, 6) is -6.00. The molecule has 0 aliphatic rings. The van der Waals surface area contributed by atoms with Gasteiger partial charge in [0.25, 0.3) is 0 Å². The van der Waals surface area contributed by atoms with Crippen LogP contribution in [-0.2, 0) is 0 Å². The Morgan fingerprint density at radius 3 is 1.43 bits per heavy atom. The summed E-state index contributed by atoms with van der Waals surface area (Å²) in [5, 5.41) is 19.9. The first kappa shape index (κ1) is 38.6. The Balaban J connectivity index is 1.08. The second-order valence-electron chi connectivity index (χ2n) is 17.1. The Hall–Kier alpha value is -8.79. The molecular formula is C61H32F4N2. The number of nitriles is 1. The van der Waals surface area contributed by atoms with Crippen LogP contribution in [0.4, 0.5) is 17.6 Å². The number of fused-ring (bicyclic) bond motifs is 4. The number of halogens is 4. The first-order valence-corrected chi connectivity index (χ1v) is 22.0. The van der Waals surface area contributed by atoms with Crippen molar-refractivity contribution in [1.29, 1.82) is 5.26 Å². The lowest BCUT2D eigenvalue weighted by Gasteiger charge is -2.21. The summed E-state index contributed by atoms with van der Waals surface area (Å²) < 4.78 is 70.6. The summed E-state index contributed by atoms with van der Waals surface area (Å²) in [7, 11) is 0. The molecule has 13 rings (SSSR count). The Labute approximate surface area is 380 Å². The molecule has 0 saturated carbocycles. The molecule has 314 valence electrons. The number of benzene rings is 12. The lowest BCUT2D eigenvalue weighted by Crippen LogP contribution is -2.04. The molecule has 0 atom stereocenters. The highest BCUT2D eigenvalue weighted by Gasteiger charge is 2.30. The quantitative estimate of drug-likeness (QED) is 0.0733. The molecule has 0 bridgehead atoms. The smallest absolute Gasteiger partial charge is 0.170 e. The molecule has 0 fully saturated rings. The minimum Gasteiger partial charge on any atom is -0.309 e. The topological polar surface area (TPSA) is 28.7 Å². The average molecular weight is 869 g/mol. The number of aromatic nitrogens is 1. The van der Waals surface area contributed by atoms with E-state index in [4.69, 9.17) is 0 Å². The van der Waals surface area contributed by atoms with Gasteiger partial charge in [-0.3, -0.25) is 0 Å². The molecule has 12 aromatic carbocycles. The van der Waals surface area contributed by atoms with Crippen molar-refractivity contribution in [1.82, 2.24) is 4.57 Å². The molecule has 0 radical (unpaired) electrons. The normalized spacial score (nSPS) is 11.9. The minimum atomic E-state index is -1.50. The summed E-state index contributed by atoms with van der Waals surface area (Å²) >= 11 is 0. The van der Waals surface area contributed by atoms with E-state index < -0.39 is 34.4 Å². The van der Waals surface area contributed by atoms with Crippen LogP contribution in [0.2, 0.25) is 0 Å². The third kappa shape index (κ3) is 5.49. The van der Waals surface area contributed by atoms with Crippen LogP contribution < -0.4 is 0 Å². The zero-order chi connectivity index (χ0) is 45.1. The van der Waals surface area contributed by atoms with Crippen LogP contribution in [0, 0.1) is 34.6 Å². The van der Waals surface area contributed by atoms with E-state index in [1.54, 1.807) is 36.4 Å². The molecular weight excluding hydrogens is 837 g/mol. The average Bonchev–Trinajstić information content (AvgIpc) is 3.72. The highest BCUT2D eigenvalue weighted by molar-refractivity contribution is 6.28. The van der Waals surface area contributed by atoms with E-state index in [2.05, 4.69) is 48.5 Å². The van der Waals surface area contributed by atoms with Gasteiger partial charge in [-0.25, -0.2) is 17.6 Å². The van der Waals surface area contributed by atoms with Crippen LogP contribution in [0.1, 0.15) is 5.56 Å². The van der Waals surface area contributed by atoms with Crippen molar-refractivity contribution in [3.05, 3.63) is 223 Å². The number of rotatable bonds is 5. The molecule has 13 aromatic rings. The van der Waals surface area contributed by atoms with Crippen molar-refractivity contribution < 1.29 is 17.6 Å². The molecule has 2 nitrogen and oxygen atoms in total. The molecule has 0 amide bonds. The Morgan fingerprint density at radius 2 is 0.806 bits per heavy atom. The van der Waals surface area contributed by atoms with E-state index >= 15 is 17.6 Å². The number of para-hydroxylation sites is 1. The van der Waals surface area contributed by atoms with E-state index in [1.165, 1.54) is 6.07 Å². The monoisotopic (exact) mass is 868 g/mol. The molecule has 0 aliphatic heterocycles. The molecule has 0 aliphatic carbocycles. The third-order valence-corrected chi connectivity index (χ3v) is 13.7. The molecule has 1 aromatic heterocycles. The van der Waals surface area contributed by atoms with E-state index in [0.717, 1.165) is 71.2 Å². The van der Waals surface area contributed by atoms with Gasteiger partial charge in [-0.1, -0.05) is 158 Å². The van der Waals surface area contributed by atoms with Gasteiger partial charge < -0.3 is 4.57 Å². The van der Waals surface area contributed by atoms with E-state index in [-0.39, 0.29) is 11.1 Å². The second-order valence-corrected chi connectivity index (χ2v) is 17.1. The molecule has 0 N–H and O–H groups in total. The van der Waals surface area contributed by atoms with Crippen molar-refractivity contribution >= 4 is 75.7 Å². The largest absolute Gasteiger partial charge is 0.309 e. The maximum absolute atomic E-state index is 17.2. The van der Waals surface area contributed by atoms with Crippen molar-refractivity contribution in [2.45, 2.75) is 0 Å². The van der Waals surface area contributed by atoms with Gasteiger partial charge in [0.15, 0.2) is 23.3 Å². The summed E-state index contributed by atoms with van der Waals surface area (Å²) in [6.45, 7) is 0. The molecule has 1 heterocycles. The van der Waals surface area contributed by atoms with Crippen LogP contribution in [0.3, 0.4) is 0 Å².